The van der Waals surface area contributed by atoms with Crippen molar-refractivity contribution >= 4 is 26.0 Å². The molecule has 1 rings (SSSR count). The van der Waals surface area contributed by atoms with Crippen LogP contribution in [-0.2, 0) is 10.0 Å². The second-order valence-electron chi connectivity index (χ2n) is 4.85. The van der Waals surface area contributed by atoms with Crippen molar-refractivity contribution < 1.29 is 8.42 Å². The van der Waals surface area contributed by atoms with Gasteiger partial charge >= 0.3 is 0 Å². The fourth-order valence-electron chi connectivity index (χ4n) is 1.69. The van der Waals surface area contributed by atoms with E-state index in [0.717, 1.165) is 11.1 Å². The maximum atomic E-state index is 12.6. The number of rotatable bonds is 6. The van der Waals surface area contributed by atoms with Gasteiger partial charge in [0.2, 0.25) is 10.0 Å². The van der Waals surface area contributed by atoms with E-state index in [4.69, 9.17) is 0 Å². The van der Waals surface area contributed by atoms with Crippen LogP contribution in [0.1, 0.15) is 19.4 Å². The predicted octanol–water partition coefficient (Wildman–Crippen LogP) is 3.35. The molecule has 0 saturated carbocycles. The number of nitrogens with zero attached hydrogens (tertiary/aromatic N) is 1. The molecule has 0 spiro atoms. The summed E-state index contributed by atoms with van der Waals surface area (Å²) in [5.41, 5.74) is 1.86. The standard InChI is InChI=1S/C14H20BrNO2S/c1-11(2)9-16(10-13(4)15)19(17,18)14-7-5-12(3)6-8-14/h5-8,13H,1,9-10H2,2-4H3. The normalized spacial score (nSPS) is 13.5. The summed E-state index contributed by atoms with van der Waals surface area (Å²) in [6.45, 7) is 10.3. The molecule has 0 heterocycles. The first-order valence-corrected chi connectivity index (χ1v) is 8.44. The highest BCUT2D eigenvalue weighted by atomic mass is 79.9. The third kappa shape index (κ3) is 4.75. The lowest BCUT2D eigenvalue weighted by molar-refractivity contribution is 0.440. The van der Waals surface area contributed by atoms with Crippen LogP contribution in [0.3, 0.4) is 0 Å². The Bertz CT molecular complexity index is 535. The summed E-state index contributed by atoms with van der Waals surface area (Å²) in [6.07, 6.45) is 0. The lowest BCUT2D eigenvalue weighted by Crippen LogP contribution is -2.36. The highest BCUT2D eigenvalue weighted by molar-refractivity contribution is 9.09. The van der Waals surface area contributed by atoms with Crippen molar-refractivity contribution in [2.45, 2.75) is 30.5 Å². The van der Waals surface area contributed by atoms with Crippen LogP contribution in [0, 0.1) is 6.92 Å². The van der Waals surface area contributed by atoms with Crippen molar-refractivity contribution in [3.05, 3.63) is 42.0 Å². The summed E-state index contributed by atoms with van der Waals surface area (Å²) in [5.74, 6) is 0. The van der Waals surface area contributed by atoms with Gasteiger partial charge in [0, 0.05) is 17.9 Å². The summed E-state index contributed by atoms with van der Waals surface area (Å²) in [6, 6.07) is 6.91. The van der Waals surface area contributed by atoms with Gasteiger partial charge in [-0.3, -0.25) is 0 Å². The summed E-state index contributed by atoms with van der Waals surface area (Å²) in [5, 5.41) is 0. The van der Waals surface area contributed by atoms with E-state index in [1.165, 1.54) is 4.31 Å². The minimum atomic E-state index is -3.47. The van der Waals surface area contributed by atoms with E-state index in [1.807, 2.05) is 32.9 Å². The van der Waals surface area contributed by atoms with E-state index in [0.29, 0.717) is 18.0 Å². The van der Waals surface area contributed by atoms with Crippen LogP contribution in [-0.4, -0.2) is 30.6 Å². The minimum absolute atomic E-state index is 0.0899. The Labute approximate surface area is 124 Å². The van der Waals surface area contributed by atoms with Gasteiger partial charge in [0.05, 0.1) is 4.90 Å². The maximum Gasteiger partial charge on any atom is 0.243 e. The average molecular weight is 346 g/mol. The monoisotopic (exact) mass is 345 g/mol. The molecule has 0 aliphatic rings. The van der Waals surface area contributed by atoms with Gasteiger partial charge in [0.25, 0.3) is 0 Å². The molecule has 0 N–H and O–H groups in total. The number of benzene rings is 1. The Kier molecular flexibility index (Phi) is 5.77. The predicted molar refractivity (Wildman–Crippen MR) is 83.1 cm³/mol. The molecule has 0 aromatic heterocycles. The van der Waals surface area contributed by atoms with Crippen molar-refractivity contribution in [1.29, 1.82) is 0 Å². The second-order valence-corrected chi connectivity index (χ2v) is 8.35. The zero-order valence-electron chi connectivity index (χ0n) is 11.6. The molecule has 19 heavy (non-hydrogen) atoms. The Morgan fingerprint density at radius 1 is 1.37 bits per heavy atom. The molecular weight excluding hydrogens is 326 g/mol. The van der Waals surface area contributed by atoms with E-state index < -0.39 is 10.0 Å². The van der Waals surface area contributed by atoms with E-state index in [9.17, 15) is 8.42 Å². The lowest BCUT2D eigenvalue weighted by atomic mass is 10.2. The largest absolute Gasteiger partial charge is 0.243 e. The fourth-order valence-corrected chi connectivity index (χ4v) is 3.82. The Balaban J connectivity index is 3.11. The average Bonchev–Trinajstić information content (AvgIpc) is 2.27. The van der Waals surface area contributed by atoms with Crippen LogP contribution in [0.2, 0.25) is 0 Å². The molecule has 1 atom stereocenters. The van der Waals surface area contributed by atoms with Crippen LogP contribution < -0.4 is 0 Å². The van der Waals surface area contributed by atoms with Gasteiger partial charge in [-0.2, -0.15) is 4.31 Å². The van der Waals surface area contributed by atoms with E-state index in [2.05, 4.69) is 22.5 Å². The van der Waals surface area contributed by atoms with Crippen molar-refractivity contribution in [2.75, 3.05) is 13.1 Å². The Morgan fingerprint density at radius 3 is 2.32 bits per heavy atom. The van der Waals surface area contributed by atoms with Gasteiger partial charge in [-0.05, 0) is 26.0 Å². The van der Waals surface area contributed by atoms with Crippen LogP contribution in [0.4, 0.5) is 0 Å². The molecule has 0 aliphatic heterocycles. The summed E-state index contributed by atoms with van der Waals surface area (Å²) in [4.78, 5) is 0.416. The lowest BCUT2D eigenvalue weighted by Gasteiger charge is -2.23. The molecule has 3 nitrogen and oxygen atoms in total. The SMILES string of the molecule is C=C(C)CN(CC(C)Br)S(=O)(=O)c1ccc(C)cc1. The smallest absolute Gasteiger partial charge is 0.207 e. The van der Waals surface area contributed by atoms with E-state index in [1.54, 1.807) is 12.1 Å². The highest BCUT2D eigenvalue weighted by Crippen LogP contribution is 2.19. The molecule has 0 bridgehead atoms. The summed E-state index contributed by atoms with van der Waals surface area (Å²) >= 11 is 3.41. The van der Waals surface area contributed by atoms with E-state index >= 15 is 0 Å². The molecule has 0 aliphatic carbocycles. The third-order valence-electron chi connectivity index (χ3n) is 2.56. The molecular formula is C14H20BrNO2S. The van der Waals surface area contributed by atoms with Gasteiger partial charge < -0.3 is 0 Å². The molecule has 0 radical (unpaired) electrons. The summed E-state index contributed by atoms with van der Waals surface area (Å²) < 4.78 is 26.6. The Morgan fingerprint density at radius 2 is 1.89 bits per heavy atom. The molecule has 0 amide bonds. The van der Waals surface area contributed by atoms with Crippen LogP contribution in [0.5, 0.6) is 0 Å². The van der Waals surface area contributed by atoms with Crippen molar-refractivity contribution in [3.63, 3.8) is 0 Å². The minimum Gasteiger partial charge on any atom is -0.207 e. The van der Waals surface area contributed by atoms with Crippen LogP contribution in [0.15, 0.2) is 41.3 Å². The number of sulfonamides is 1. The first-order chi connectivity index (χ1) is 8.73. The molecule has 1 aromatic rings. The molecule has 106 valence electrons. The third-order valence-corrected chi connectivity index (χ3v) is 4.68. The van der Waals surface area contributed by atoms with Gasteiger partial charge in [-0.1, -0.05) is 52.7 Å². The molecule has 5 heteroatoms. The molecule has 1 unspecified atom stereocenters. The number of halogens is 1. The molecule has 0 saturated heterocycles. The number of aryl methyl sites for hydroxylation is 1. The topological polar surface area (TPSA) is 37.4 Å². The quantitative estimate of drug-likeness (QED) is 0.585. The van der Waals surface area contributed by atoms with Crippen LogP contribution >= 0.6 is 15.9 Å². The number of hydrogen-bond acceptors (Lipinski definition) is 2. The molecule has 1 aromatic carbocycles. The maximum absolute atomic E-state index is 12.6. The van der Waals surface area contributed by atoms with Crippen molar-refractivity contribution in [3.8, 4) is 0 Å². The van der Waals surface area contributed by atoms with Crippen molar-refractivity contribution in [2.24, 2.45) is 0 Å². The first kappa shape index (κ1) is 16.4. The highest BCUT2D eigenvalue weighted by Gasteiger charge is 2.25. The van der Waals surface area contributed by atoms with Gasteiger partial charge in [-0.15, -0.1) is 0 Å². The summed E-state index contributed by atoms with van der Waals surface area (Å²) in [7, 11) is -3.47. The number of alkyl halides is 1. The van der Waals surface area contributed by atoms with E-state index in [-0.39, 0.29) is 4.83 Å². The fraction of sp³-hybridized carbons (Fsp3) is 0.429. The second kappa shape index (κ2) is 6.68. The van der Waals surface area contributed by atoms with Gasteiger partial charge in [0.1, 0.15) is 0 Å². The van der Waals surface area contributed by atoms with Crippen molar-refractivity contribution in [1.82, 2.24) is 4.31 Å². The molecule has 0 fully saturated rings. The zero-order valence-corrected chi connectivity index (χ0v) is 14.0. The first-order valence-electron chi connectivity index (χ1n) is 6.08. The number of hydrogen-bond donors (Lipinski definition) is 0. The zero-order chi connectivity index (χ0) is 14.6. The van der Waals surface area contributed by atoms with Gasteiger partial charge in [0.15, 0.2) is 0 Å². The van der Waals surface area contributed by atoms with Crippen LogP contribution in [0.25, 0.3) is 0 Å². The van der Waals surface area contributed by atoms with Gasteiger partial charge in [-0.25, -0.2) is 8.42 Å². The Hall–Kier alpha value is -0.650.